The maximum Gasteiger partial charge on any atom is 0.261 e. The zero-order valence-corrected chi connectivity index (χ0v) is 11.4. The van der Waals surface area contributed by atoms with Crippen molar-refractivity contribution in [2.24, 2.45) is 5.73 Å². The van der Waals surface area contributed by atoms with Crippen molar-refractivity contribution in [3.05, 3.63) is 27.3 Å². The lowest BCUT2D eigenvalue weighted by molar-refractivity contribution is 0.100. The van der Waals surface area contributed by atoms with E-state index >= 15 is 0 Å². The molecule has 0 unspecified atom stereocenters. The van der Waals surface area contributed by atoms with Gasteiger partial charge in [-0.25, -0.2) is 0 Å². The van der Waals surface area contributed by atoms with Crippen LogP contribution in [0.2, 0.25) is 0 Å². The highest BCUT2D eigenvalue weighted by molar-refractivity contribution is 7.19. The van der Waals surface area contributed by atoms with Crippen molar-refractivity contribution in [3.63, 3.8) is 0 Å². The number of hydrogen-bond acceptors (Lipinski definition) is 6. The monoisotopic (exact) mass is 283 g/mol. The van der Waals surface area contributed by atoms with Crippen LogP contribution >= 0.6 is 22.7 Å². The van der Waals surface area contributed by atoms with Gasteiger partial charge in [-0.1, -0.05) is 6.07 Å². The van der Waals surface area contributed by atoms with Crippen LogP contribution in [-0.2, 0) is 6.54 Å². The van der Waals surface area contributed by atoms with Gasteiger partial charge in [0.2, 0.25) is 0 Å². The molecule has 18 heavy (non-hydrogen) atoms. The van der Waals surface area contributed by atoms with Crippen LogP contribution in [0, 0.1) is 0 Å². The minimum Gasteiger partial charge on any atom is -0.492 e. The predicted octanol–water partition coefficient (Wildman–Crippen LogP) is 2.11. The van der Waals surface area contributed by atoms with E-state index in [1.165, 1.54) is 23.3 Å². The van der Waals surface area contributed by atoms with Crippen LogP contribution in [0.4, 0.5) is 10.7 Å². The van der Waals surface area contributed by atoms with Gasteiger partial charge >= 0.3 is 0 Å². The molecule has 2 heterocycles. The van der Waals surface area contributed by atoms with E-state index in [0.717, 1.165) is 5.00 Å². The summed E-state index contributed by atoms with van der Waals surface area (Å²) in [4.78, 5) is 12.7. The first kappa shape index (κ1) is 12.7. The number of carbonyl (C=O) groups is 1. The Morgan fingerprint density at radius 1 is 1.56 bits per heavy atom. The van der Waals surface area contributed by atoms with Gasteiger partial charge in [0.05, 0.1) is 13.7 Å². The first-order chi connectivity index (χ1) is 8.63. The summed E-state index contributed by atoms with van der Waals surface area (Å²) in [5, 5.41) is 5.92. The predicted molar refractivity (Wildman–Crippen MR) is 75.4 cm³/mol. The Bertz CT molecular complexity index is 549. The second-order valence-electron chi connectivity index (χ2n) is 3.50. The van der Waals surface area contributed by atoms with Crippen LogP contribution in [0.5, 0.6) is 5.75 Å². The Labute approximate surface area is 112 Å². The summed E-state index contributed by atoms with van der Waals surface area (Å²) >= 11 is 2.86. The van der Waals surface area contributed by atoms with Crippen LogP contribution in [0.1, 0.15) is 14.5 Å². The molecule has 0 radical (unpaired) electrons. The molecule has 0 aliphatic rings. The summed E-state index contributed by atoms with van der Waals surface area (Å²) in [6.07, 6.45) is 0. The third-order valence-corrected chi connectivity index (χ3v) is 4.37. The summed E-state index contributed by atoms with van der Waals surface area (Å²) in [5.41, 5.74) is 11.4. The molecule has 7 heteroatoms. The fourth-order valence-corrected chi connectivity index (χ4v) is 3.09. The van der Waals surface area contributed by atoms with Gasteiger partial charge in [-0.3, -0.25) is 4.79 Å². The third-order valence-electron chi connectivity index (χ3n) is 2.33. The fourth-order valence-electron chi connectivity index (χ4n) is 1.51. The van der Waals surface area contributed by atoms with Gasteiger partial charge in [-0.2, -0.15) is 0 Å². The second-order valence-corrected chi connectivity index (χ2v) is 5.56. The molecule has 0 saturated heterocycles. The molecule has 5 nitrogen and oxygen atoms in total. The Morgan fingerprint density at radius 3 is 2.89 bits per heavy atom. The Kier molecular flexibility index (Phi) is 3.73. The number of amides is 1. The largest absolute Gasteiger partial charge is 0.492 e. The number of nitrogens with two attached hydrogens (primary N) is 2. The number of carbonyl (C=O) groups excluding carboxylic acids is 1. The fraction of sp³-hybridized carbons (Fsp3) is 0.182. The molecule has 2 rings (SSSR count). The maximum absolute atomic E-state index is 11.2. The van der Waals surface area contributed by atoms with Gasteiger partial charge in [0, 0.05) is 4.88 Å². The Morgan fingerprint density at radius 2 is 2.33 bits per heavy atom. The number of ether oxygens (including phenoxy) is 1. The molecule has 0 bridgehead atoms. The molecule has 5 N–H and O–H groups in total. The second kappa shape index (κ2) is 5.28. The SMILES string of the molecule is COc1c(NCc2cccs2)sc(C(N)=O)c1N. The van der Waals surface area contributed by atoms with E-state index in [4.69, 9.17) is 16.2 Å². The highest BCUT2D eigenvalue weighted by Crippen LogP contribution is 2.42. The van der Waals surface area contributed by atoms with Crippen LogP contribution in [0.3, 0.4) is 0 Å². The van der Waals surface area contributed by atoms with Gasteiger partial charge in [-0.15, -0.1) is 22.7 Å². The van der Waals surface area contributed by atoms with E-state index in [0.29, 0.717) is 22.9 Å². The van der Waals surface area contributed by atoms with Crippen LogP contribution in [0.15, 0.2) is 17.5 Å². The number of anilines is 2. The van der Waals surface area contributed by atoms with Crippen molar-refractivity contribution in [2.75, 3.05) is 18.2 Å². The topological polar surface area (TPSA) is 90.4 Å². The molecular weight excluding hydrogens is 270 g/mol. The van der Waals surface area contributed by atoms with E-state index < -0.39 is 5.91 Å². The summed E-state index contributed by atoms with van der Waals surface area (Å²) in [7, 11) is 1.51. The quantitative estimate of drug-likeness (QED) is 0.784. The zero-order chi connectivity index (χ0) is 13.1. The lowest BCUT2D eigenvalue weighted by Gasteiger charge is -2.05. The summed E-state index contributed by atoms with van der Waals surface area (Å²) in [5.74, 6) is -0.0645. The lowest BCUT2D eigenvalue weighted by Crippen LogP contribution is -2.10. The number of methoxy groups -OCH3 is 1. The molecule has 0 aliphatic heterocycles. The average Bonchev–Trinajstić information content (AvgIpc) is 2.93. The van der Waals surface area contributed by atoms with Crippen molar-refractivity contribution >= 4 is 39.3 Å². The smallest absolute Gasteiger partial charge is 0.261 e. The maximum atomic E-state index is 11.2. The Hall–Kier alpha value is -1.73. The highest BCUT2D eigenvalue weighted by atomic mass is 32.1. The molecule has 96 valence electrons. The molecule has 1 amide bonds. The van der Waals surface area contributed by atoms with Crippen molar-refractivity contribution in [1.82, 2.24) is 0 Å². The molecule has 0 aliphatic carbocycles. The van der Waals surface area contributed by atoms with E-state index in [1.807, 2.05) is 17.5 Å². The zero-order valence-electron chi connectivity index (χ0n) is 9.73. The summed E-state index contributed by atoms with van der Waals surface area (Å²) in [6.45, 7) is 0.659. The van der Waals surface area contributed by atoms with E-state index in [-0.39, 0.29) is 0 Å². The van der Waals surface area contributed by atoms with Crippen molar-refractivity contribution in [1.29, 1.82) is 0 Å². The minimum absolute atomic E-state index is 0.295. The molecule has 0 spiro atoms. The number of primary amides is 1. The van der Waals surface area contributed by atoms with Crippen molar-refractivity contribution in [3.8, 4) is 5.75 Å². The number of rotatable bonds is 5. The lowest BCUT2D eigenvalue weighted by atomic mass is 10.3. The van der Waals surface area contributed by atoms with Gasteiger partial charge < -0.3 is 21.5 Å². The normalized spacial score (nSPS) is 10.3. The summed E-state index contributed by atoms with van der Waals surface area (Å²) < 4.78 is 5.20. The molecule has 2 aromatic rings. The van der Waals surface area contributed by atoms with E-state index in [9.17, 15) is 4.79 Å². The van der Waals surface area contributed by atoms with Gasteiger partial charge in [-0.05, 0) is 11.4 Å². The minimum atomic E-state index is -0.542. The Balaban J connectivity index is 2.21. The number of hydrogen-bond donors (Lipinski definition) is 3. The number of thiophene rings is 2. The van der Waals surface area contributed by atoms with Gasteiger partial charge in [0.15, 0.2) is 5.75 Å². The molecule has 0 aromatic carbocycles. The van der Waals surface area contributed by atoms with Crippen LogP contribution in [-0.4, -0.2) is 13.0 Å². The van der Waals surface area contributed by atoms with E-state index in [2.05, 4.69) is 5.32 Å². The first-order valence-electron chi connectivity index (χ1n) is 5.15. The van der Waals surface area contributed by atoms with Crippen LogP contribution < -0.4 is 21.5 Å². The van der Waals surface area contributed by atoms with Gasteiger partial charge in [0.25, 0.3) is 5.91 Å². The van der Waals surface area contributed by atoms with Crippen LogP contribution in [0.25, 0.3) is 0 Å². The van der Waals surface area contributed by atoms with Crippen molar-refractivity contribution < 1.29 is 9.53 Å². The first-order valence-corrected chi connectivity index (χ1v) is 6.85. The molecule has 0 fully saturated rings. The standard InChI is InChI=1S/C11H13N3O2S2/c1-16-8-7(12)9(10(13)15)18-11(8)14-5-6-3-2-4-17-6/h2-4,14H,5,12H2,1H3,(H2,13,15). The average molecular weight is 283 g/mol. The van der Waals surface area contributed by atoms with E-state index in [1.54, 1.807) is 11.3 Å². The summed E-state index contributed by atoms with van der Waals surface area (Å²) in [6, 6.07) is 4.01. The molecule has 0 atom stereocenters. The molecule has 2 aromatic heterocycles. The van der Waals surface area contributed by atoms with Crippen molar-refractivity contribution in [2.45, 2.75) is 6.54 Å². The number of nitrogens with one attached hydrogen (secondary N) is 1. The number of nitrogen functional groups attached to an aromatic ring is 1. The molecule has 0 saturated carbocycles. The third kappa shape index (κ3) is 2.41. The van der Waals surface area contributed by atoms with Gasteiger partial charge in [0.1, 0.15) is 15.6 Å². The highest BCUT2D eigenvalue weighted by Gasteiger charge is 2.19. The molecular formula is C11H13N3O2S2.